The van der Waals surface area contributed by atoms with Crippen LogP contribution >= 0.6 is 31.9 Å². The van der Waals surface area contributed by atoms with Crippen molar-refractivity contribution in [1.82, 2.24) is 0 Å². The van der Waals surface area contributed by atoms with Crippen LogP contribution < -0.4 is 4.90 Å². The molecule has 1 heterocycles. The molecule has 2 rings (SSSR count). The lowest BCUT2D eigenvalue weighted by Crippen LogP contribution is -2.36. The van der Waals surface area contributed by atoms with Crippen LogP contribution in [0, 0.1) is 0 Å². The van der Waals surface area contributed by atoms with Gasteiger partial charge in [-0.25, -0.2) is 0 Å². The molecule has 0 spiro atoms. The van der Waals surface area contributed by atoms with Gasteiger partial charge >= 0.3 is 0 Å². The summed E-state index contributed by atoms with van der Waals surface area (Å²) < 4.78 is 6.78. The highest BCUT2D eigenvalue weighted by Crippen LogP contribution is 2.31. The molecule has 94 valence electrons. The van der Waals surface area contributed by atoms with Gasteiger partial charge in [-0.2, -0.15) is 0 Å². The number of benzene rings is 1. The molecule has 1 saturated heterocycles. The molecule has 0 aliphatic carbocycles. The molecule has 0 aromatic heterocycles. The molecular formula is C13H17Br2NO. The van der Waals surface area contributed by atoms with Gasteiger partial charge in [-0.3, -0.25) is 0 Å². The van der Waals surface area contributed by atoms with Crippen LogP contribution in [0.2, 0.25) is 0 Å². The molecule has 0 amide bonds. The highest BCUT2D eigenvalue weighted by Gasteiger charge is 2.28. The highest BCUT2D eigenvalue weighted by atomic mass is 79.9. The number of anilines is 1. The summed E-state index contributed by atoms with van der Waals surface area (Å²) >= 11 is 7.13. The lowest BCUT2D eigenvalue weighted by molar-refractivity contribution is 0.118. The SMILES string of the molecule is CC1OCCC1N(C)c1ccc(CBr)cc1Br. The standard InChI is InChI=1S/C13H17Br2NO/c1-9-12(5-6-17-9)16(2)13-4-3-10(8-14)7-11(13)15/h3-4,7,9,12H,5-6,8H2,1-2H3. The van der Waals surface area contributed by atoms with E-state index >= 15 is 0 Å². The van der Waals surface area contributed by atoms with Crippen molar-refractivity contribution in [1.29, 1.82) is 0 Å². The lowest BCUT2D eigenvalue weighted by atomic mass is 10.1. The Balaban J connectivity index is 2.21. The molecule has 0 bridgehead atoms. The van der Waals surface area contributed by atoms with Crippen LogP contribution in [0.5, 0.6) is 0 Å². The molecule has 4 heteroatoms. The summed E-state index contributed by atoms with van der Waals surface area (Å²) in [6, 6.07) is 6.97. The smallest absolute Gasteiger partial charge is 0.0750 e. The van der Waals surface area contributed by atoms with E-state index in [1.165, 1.54) is 11.3 Å². The summed E-state index contributed by atoms with van der Waals surface area (Å²) in [6.07, 6.45) is 1.41. The van der Waals surface area contributed by atoms with Crippen molar-refractivity contribution < 1.29 is 4.74 Å². The fourth-order valence-corrected chi connectivity index (χ4v) is 3.38. The maximum absolute atomic E-state index is 5.63. The van der Waals surface area contributed by atoms with E-state index in [1.54, 1.807) is 0 Å². The van der Waals surface area contributed by atoms with E-state index < -0.39 is 0 Å². The molecule has 1 aromatic carbocycles. The van der Waals surface area contributed by atoms with Crippen LogP contribution in [-0.4, -0.2) is 25.8 Å². The van der Waals surface area contributed by atoms with Gasteiger partial charge in [0.1, 0.15) is 0 Å². The van der Waals surface area contributed by atoms with Crippen molar-refractivity contribution in [3.05, 3.63) is 28.2 Å². The van der Waals surface area contributed by atoms with E-state index in [4.69, 9.17) is 4.74 Å². The monoisotopic (exact) mass is 361 g/mol. The topological polar surface area (TPSA) is 12.5 Å². The Morgan fingerprint density at radius 2 is 2.24 bits per heavy atom. The fourth-order valence-electron chi connectivity index (χ4n) is 2.33. The lowest BCUT2D eigenvalue weighted by Gasteiger charge is -2.29. The first kappa shape index (κ1) is 13.4. The largest absolute Gasteiger partial charge is 0.376 e. The van der Waals surface area contributed by atoms with E-state index in [-0.39, 0.29) is 0 Å². The molecule has 1 aliphatic heterocycles. The van der Waals surface area contributed by atoms with Gasteiger partial charge in [0.25, 0.3) is 0 Å². The normalized spacial score (nSPS) is 24.0. The van der Waals surface area contributed by atoms with E-state index in [0.717, 1.165) is 22.8 Å². The van der Waals surface area contributed by atoms with Gasteiger partial charge in [0, 0.05) is 23.5 Å². The molecule has 17 heavy (non-hydrogen) atoms. The predicted molar refractivity (Wildman–Crippen MR) is 79.0 cm³/mol. The third-order valence-corrected chi connectivity index (χ3v) is 4.66. The van der Waals surface area contributed by atoms with Crippen molar-refractivity contribution in [3.63, 3.8) is 0 Å². The second-order valence-electron chi connectivity index (χ2n) is 4.46. The minimum atomic E-state index is 0.308. The molecule has 2 nitrogen and oxygen atoms in total. The van der Waals surface area contributed by atoms with Crippen LogP contribution in [0.15, 0.2) is 22.7 Å². The maximum atomic E-state index is 5.63. The van der Waals surface area contributed by atoms with Crippen LogP contribution in [0.3, 0.4) is 0 Å². The van der Waals surface area contributed by atoms with Crippen LogP contribution in [-0.2, 0) is 10.1 Å². The van der Waals surface area contributed by atoms with Crippen molar-refractivity contribution in [2.45, 2.75) is 30.8 Å². The minimum Gasteiger partial charge on any atom is -0.376 e. The zero-order valence-electron chi connectivity index (χ0n) is 10.1. The number of hydrogen-bond donors (Lipinski definition) is 0. The zero-order valence-corrected chi connectivity index (χ0v) is 13.3. The van der Waals surface area contributed by atoms with Crippen molar-refractivity contribution in [3.8, 4) is 0 Å². The maximum Gasteiger partial charge on any atom is 0.0750 e. The number of halogens is 2. The molecule has 1 aromatic rings. The molecule has 2 unspecified atom stereocenters. The quantitative estimate of drug-likeness (QED) is 0.754. The zero-order chi connectivity index (χ0) is 12.4. The van der Waals surface area contributed by atoms with Crippen molar-refractivity contribution in [2.24, 2.45) is 0 Å². The molecule has 1 aliphatic rings. The van der Waals surface area contributed by atoms with Gasteiger partial charge < -0.3 is 9.64 Å². The van der Waals surface area contributed by atoms with Crippen LogP contribution in [0.1, 0.15) is 18.9 Å². The van der Waals surface area contributed by atoms with E-state index in [0.29, 0.717) is 12.1 Å². The number of rotatable bonds is 3. The Bertz CT molecular complexity index is 397. The summed E-state index contributed by atoms with van der Waals surface area (Å²) in [5.74, 6) is 0. The Kier molecular flexibility index (Phi) is 4.50. The van der Waals surface area contributed by atoms with Crippen molar-refractivity contribution >= 4 is 37.5 Å². The summed E-state index contributed by atoms with van der Waals surface area (Å²) in [7, 11) is 2.14. The van der Waals surface area contributed by atoms with Gasteiger partial charge in [-0.15, -0.1) is 0 Å². The van der Waals surface area contributed by atoms with Gasteiger partial charge in [-0.05, 0) is 47.0 Å². The Morgan fingerprint density at radius 3 is 2.76 bits per heavy atom. The number of hydrogen-bond acceptors (Lipinski definition) is 2. The summed E-state index contributed by atoms with van der Waals surface area (Å²) in [6.45, 7) is 3.02. The fraction of sp³-hybridized carbons (Fsp3) is 0.538. The van der Waals surface area contributed by atoms with E-state index in [1.807, 2.05) is 0 Å². The summed E-state index contributed by atoms with van der Waals surface area (Å²) in [4.78, 5) is 2.32. The predicted octanol–water partition coefficient (Wildman–Crippen LogP) is 3.96. The number of nitrogens with zero attached hydrogens (tertiary/aromatic N) is 1. The average molecular weight is 363 g/mol. The third kappa shape index (κ3) is 2.85. The number of ether oxygens (including phenoxy) is 1. The summed E-state index contributed by atoms with van der Waals surface area (Å²) in [5, 5.41) is 0.887. The van der Waals surface area contributed by atoms with Gasteiger partial charge in [0.05, 0.1) is 17.8 Å². The molecule has 0 radical (unpaired) electrons. The first-order valence-corrected chi connectivity index (χ1v) is 7.73. The molecular weight excluding hydrogens is 346 g/mol. The van der Waals surface area contributed by atoms with Gasteiger partial charge in [0.15, 0.2) is 0 Å². The van der Waals surface area contributed by atoms with Gasteiger partial charge in [0.2, 0.25) is 0 Å². The highest BCUT2D eigenvalue weighted by molar-refractivity contribution is 9.10. The van der Waals surface area contributed by atoms with E-state index in [2.05, 4.69) is 68.9 Å². The van der Waals surface area contributed by atoms with E-state index in [9.17, 15) is 0 Å². The third-order valence-electron chi connectivity index (χ3n) is 3.38. The summed E-state index contributed by atoms with van der Waals surface area (Å²) in [5.41, 5.74) is 2.52. The van der Waals surface area contributed by atoms with Crippen molar-refractivity contribution in [2.75, 3.05) is 18.6 Å². The second-order valence-corrected chi connectivity index (χ2v) is 5.88. The van der Waals surface area contributed by atoms with Gasteiger partial charge in [-0.1, -0.05) is 22.0 Å². The second kappa shape index (κ2) is 5.72. The Morgan fingerprint density at radius 1 is 1.47 bits per heavy atom. The van der Waals surface area contributed by atoms with Crippen LogP contribution in [0.4, 0.5) is 5.69 Å². The molecule has 2 atom stereocenters. The number of likely N-dealkylation sites (N-methyl/N-ethyl adjacent to an activating group) is 1. The Labute approximate surface area is 120 Å². The molecule has 1 fully saturated rings. The average Bonchev–Trinajstić information content (AvgIpc) is 2.74. The first-order chi connectivity index (χ1) is 8.13. The molecule has 0 saturated carbocycles. The first-order valence-electron chi connectivity index (χ1n) is 5.82. The Hall–Kier alpha value is -0.0600. The number of alkyl halides is 1. The minimum absolute atomic E-state index is 0.308. The molecule has 0 N–H and O–H groups in total. The van der Waals surface area contributed by atoms with Crippen LogP contribution in [0.25, 0.3) is 0 Å².